The number of hydrogen-bond acceptors (Lipinski definition) is 1. The molecule has 1 aliphatic heterocycles. The number of likely N-dealkylation sites (tertiary alicyclic amines) is 1. The summed E-state index contributed by atoms with van der Waals surface area (Å²) in [5, 5.41) is 0.197. The molecule has 2 nitrogen and oxygen atoms in total. The highest BCUT2D eigenvalue weighted by Crippen LogP contribution is 2.26. The van der Waals surface area contributed by atoms with Gasteiger partial charge in [-0.25, -0.2) is 0 Å². The Labute approximate surface area is 141 Å². The summed E-state index contributed by atoms with van der Waals surface area (Å²) < 4.78 is 1.94. The number of carbonyl (C=O) groups is 1. The Morgan fingerprint density at radius 2 is 2.11 bits per heavy atom. The lowest BCUT2D eigenvalue weighted by Gasteiger charge is -2.33. The third-order valence-electron chi connectivity index (χ3n) is 3.64. The molecule has 1 aromatic rings. The van der Waals surface area contributed by atoms with Crippen molar-refractivity contribution in [3.8, 4) is 0 Å². The summed E-state index contributed by atoms with van der Waals surface area (Å²) in [6, 6.07) is 5.83. The number of nitrogens with zero attached hydrogens (tertiary/aromatic N) is 1. The highest BCUT2D eigenvalue weighted by atomic mass is 127. The fourth-order valence-electron chi connectivity index (χ4n) is 2.39. The molecule has 1 fully saturated rings. The Kier molecular flexibility index (Phi) is 5.55. The van der Waals surface area contributed by atoms with Crippen molar-refractivity contribution in [3.05, 3.63) is 31.8 Å². The average molecular weight is 457 g/mol. The summed E-state index contributed by atoms with van der Waals surface area (Å²) in [4.78, 5) is 14.5. The van der Waals surface area contributed by atoms with Gasteiger partial charge in [0.05, 0.1) is 5.56 Å². The van der Waals surface area contributed by atoms with Crippen LogP contribution in [0.1, 0.15) is 30.1 Å². The summed E-state index contributed by atoms with van der Waals surface area (Å²) >= 11 is 11.8. The highest BCUT2D eigenvalue weighted by molar-refractivity contribution is 14.1. The van der Waals surface area contributed by atoms with E-state index in [0.717, 1.165) is 39.5 Å². The van der Waals surface area contributed by atoms with Gasteiger partial charge in [-0.1, -0.05) is 15.9 Å². The second-order valence-electron chi connectivity index (χ2n) is 4.93. The molecule has 0 aromatic heterocycles. The molecule has 104 valence electrons. The Morgan fingerprint density at radius 3 is 2.68 bits per heavy atom. The molecule has 2 rings (SSSR count). The minimum Gasteiger partial charge on any atom is -0.339 e. The first kappa shape index (κ1) is 15.6. The van der Waals surface area contributed by atoms with Crippen molar-refractivity contribution in [3.63, 3.8) is 0 Å². The van der Waals surface area contributed by atoms with Gasteiger partial charge in [-0.3, -0.25) is 4.79 Å². The molecule has 1 aromatic carbocycles. The third-order valence-corrected chi connectivity index (χ3v) is 5.43. The molecule has 0 radical (unpaired) electrons. The second kappa shape index (κ2) is 6.76. The zero-order valence-electron chi connectivity index (χ0n) is 10.7. The van der Waals surface area contributed by atoms with Crippen LogP contribution < -0.4 is 0 Å². The number of amides is 1. The first-order valence-electron chi connectivity index (χ1n) is 6.37. The average Bonchev–Trinajstić information content (AvgIpc) is 2.41. The zero-order valence-corrected chi connectivity index (χ0v) is 15.2. The molecule has 0 aliphatic carbocycles. The maximum Gasteiger partial charge on any atom is 0.254 e. The van der Waals surface area contributed by atoms with E-state index in [-0.39, 0.29) is 11.3 Å². The van der Waals surface area contributed by atoms with Crippen LogP contribution in [0.2, 0.25) is 0 Å². The van der Waals surface area contributed by atoms with Crippen LogP contribution in [0.3, 0.4) is 0 Å². The van der Waals surface area contributed by atoms with Gasteiger partial charge in [0.2, 0.25) is 0 Å². The maximum absolute atomic E-state index is 12.5. The van der Waals surface area contributed by atoms with E-state index in [1.54, 1.807) is 0 Å². The molecule has 0 bridgehead atoms. The van der Waals surface area contributed by atoms with E-state index in [2.05, 4.69) is 38.5 Å². The maximum atomic E-state index is 12.5. The van der Waals surface area contributed by atoms with E-state index in [1.807, 2.05) is 30.0 Å². The Morgan fingerprint density at radius 1 is 1.47 bits per heavy atom. The van der Waals surface area contributed by atoms with Crippen LogP contribution in [-0.2, 0) is 0 Å². The molecule has 0 saturated carbocycles. The van der Waals surface area contributed by atoms with Crippen LogP contribution >= 0.6 is 50.1 Å². The van der Waals surface area contributed by atoms with Crippen molar-refractivity contribution in [2.75, 3.05) is 13.1 Å². The largest absolute Gasteiger partial charge is 0.339 e. The van der Waals surface area contributed by atoms with Gasteiger partial charge in [-0.15, -0.1) is 11.6 Å². The lowest BCUT2D eigenvalue weighted by atomic mass is 9.93. The van der Waals surface area contributed by atoms with Gasteiger partial charge in [0.15, 0.2) is 0 Å². The van der Waals surface area contributed by atoms with E-state index in [9.17, 15) is 4.79 Å². The number of halogens is 3. The Bertz CT molecular complexity index is 473. The number of hydrogen-bond donors (Lipinski definition) is 0. The predicted octanol–water partition coefficient (Wildman–Crippen LogP) is 4.53. The molecule has 1 unspecified atom stereocenters. The summed E-state index contributed by atoms with van der Waals surface area (Å²) in [6.07, 6.45) is 2.00. The molecule has 1 aliphatic rings. The summed E-state index contributed by atoms with van der Waals surface area (Å²) in [6.45, 7) is 3.66. The van der Waals surface area contributed by atoms with Crippen molar-refractivity contribution < 1.29 is 4.79 Å². The van der Waals surface area contributed by atoms with Crippen LogP contribution in [0.5, 0.6) is 0 Å². The van der Waals surface area contributed by atoms with Crippen molar-refractivity contribution in [1.82, 2.24) is 4.90 Å². The number of benzene rings is 1. The van der Waals surface area contributed by atoms with Crippen LogP contribution in [-0.4, -0.2) is 29.3 Å². The fraction of sp³-hybridized carbons (Fsp3) is 0.500. The number of rotatable bonds is 2. The third kappa shape index (κ3) is 3.85. The molecule has 1 saturated heterocycles. The van der Waals surface area contributed by atoms with Crippen LogP contribution in [0, 0.1) is 9.49 Å². The predicted molar refractivity (Wildman–Crippen MR) is 90.8 cm³/mol. The van der Waals surface area contributed by atoms with Gasteiger partial charge in [-0.2, -0.15) is 0 Å². The molecule has 0 N–H and O–H groups in total. The van der Waals surface area contributed by atoms with E-state index >= 15 is 0 Å². The summed E-state index contributed by atoms with van der Waals surface area (Å²) in [5.74, 6) is 0.665. The minimum absolute atomic E-state index is 0.131. The van der Waals surface area contributed by atoms with Gasteiger partial charge >= 0.3 is 0 Å². The molecule has 19 heavy (non-hydrogen) atoms. The quantitative estimate of drug-likeness (QED) is 0.473. The standard InChI is InChI=1S/C14H16BrClINO/c1-9(16)10-4-6-18(7-5-10)14(19)12-8-11(15)2-3-13(12)17/h2-3,8-10H,4-7H2,1H3. The van der Waals surface area contributed by atoms with Crippen molar-refractivity contribution in [2.45, 2.75) is 25.1 Å². The molecular weight excluding hydrogens is 440 g/mol. The summed E-state index contributed by atoms with van der Waals surface area (Å²) in [7, 11) is 0. The van der Waals surface area contributed by atoms with E-state index < -0.39 is 0 Å². The number of piperidine rings is 1. The van der Waals surface area contributed by atoms with Gasteiger partial charge in [0.25, 0.3) is 5.91 Å². The van der Waals surface area contributed by atoms with E-state index in [4.69, 9.17) is 11.6 Å². The molecular formula is C14H16BrClINO. The van der Waals surface area contributed by atoms with Crippen LogP contribution in [0.4, 0.5) is 0 Å². The normalized spacial score (nSPS) is 18.4. The number of alkyl halides is 1. The lowest BCUT2D eigenvalue weighted by molar-refractivity contribution is 0.0689. The van der Waals surface area contributed by atoms with Gasteiger partial charge < -0.3 is 4.90 Å². The first-order chi connectivity index (χ1) is 8.99. The molecule has 5 heteroatoms. The fourth-order valence-corrected chi connectivity index (χ4v) is 3.57. The molecule has 1 amide bonds. The lowest BCUT2D eigenvalue weighted by Crippen LogP contribution is -2.40. The minimum atomic E-state index is 0.131. The van der Waals surface area contributed by atoms with Crippen molar-refractivity contribution in [1.29, 1.82) is 0 Å². The highest BCUT2D eigenvalue weighted by Gasteiger charge is 2.26. The van der Waals surface area contributed by atoms with Gasteiger partial charge in [0, 0.05) is 26.5 Å². The molecule has 1 heterocycles. The van der Waals surface area contributed by atoms with Crippen molar-refractivity contribution in [2.24, 2.45) is 5.92 Å². The van der Waals surface area contributed by atoms with Crippen LogP contribution in [0.15, 0.2) is 22.7 Å². The monoisotopic (exact) mass is 455 g/mol. The second-order valence-corrected chi connectivity index (χ2v) is 7.70. The topological polar surface area (TPSA) is 20.3 Å². The SMILES string of the molecule is CC(Cl)C1CCN(C(=O)c2cc(Br)ccc2I)CC1. The molecule has 1 atom stereocenters. The molecule has 0 spiro atoms. The van der Waals surface area contributed by atoms with E-state index in [0.29, 0.717) is 5.92 Å². The Balaban J connectivity index is 2.07. The smallest absolute Gasteiger partial charge is 0.254 e. The van der Waals surface area contributed by atoms with E-state index in [1.165, 1.54) is 0 Å². The summed E-state index contributed by atoms with van der Waals surface area (Å²) in [5.41, 5.74) is 0.785. The van der Waals surface area contributed by atoms with Gasteiger partial charge in [-0.05, 0) is 66.5 Å². The number of carbonyl (C=O) groups excluding carboxylic acids is 1. The van der Waals surface area contributed by atoms with Crippen LogP contribution in [0.25, 0.3) is 0 Å². The van der Waals surface area contributed by atoms with Crippen molar-refractivity contribution >= 4 is 56.0 Å². The Hall–Kier alpha value is 0.190. The first-order valence-corrected chi connectivity index (χ1v) is 8.68. The zero-order chi connectivity index (χ0) is 14.0. The van der Waals surface area contributed by atoms with Gasteiger partial charge in [0.1, 0.15) is 0 Å².